The summed E-state index contributed by atoms with van der Waals surface area (Å²) in [4.78, 5) is 3.98. The number of fused-ring (bicyclic) bond motifs is 1. The van der Waals surface area contributed by atoms with Gasteiger partial charge < -0.3 is 0 Å². The molecule has 5 heteroatoms. The summed E-state index contributed by atoms with van der Waals surface area (Å²) in [6.45, 7) is 0. The van der Waals surface area contributed by atoms with E-state index in [2.05, 4.69) is 4.98 Å². The molecule has 0 aliphatic rings. The Kier molecular flexibility index (Phi) is 2.67. The van der Waals surface area contributed by atoms with Crippen molar-refractivity contribution in [2.24, 2.45) is 0 Å². The van der Waals surface area contributed by atoms with Crippen LogP contribution in [0.2, 0.25) is 0 Å². The topological polar surface area (TPSA) is 12.9 Å². The van der Waals surface area contributed by atoms with Crippen molar-refractivity contribution in [3.63, 3.8) is 0 Å². The van der Waals surface area contributed by atoms with Crippen LogP contribution in [0.4, 0.5) is 13.2 Å². The molecule has 0 fully saturated rings. The maximum atomic E-state index is 12.1. The van der Waals surface area contributed by atoms with Crippen molar-refractivity contribution in [1.82, 2.24) is 4.98 Å². The fourth-order valence-corrected chi connectivity index (χ4v) is 2.41. The molecule has 0 unspecified atom stereocenters. The normalized spacial score (nSPS) is 11.9. The zero-order chi connectivity index (χ0) is 10.9. The molecule has 1 aromatic heterocycles. The van der Waals surface area contributed by atoms with Gasteiger partial charge in [0.1, 0.15) is 0 Å². The summed E-state index contributed by atoms with van der Waals surface area (Å²) in [7, 11) is 0. The van der Waals surface area contributed by atoms with Crippen LogP contribution in [-0.4, -0.2) is 25.0 Å². The summed E-state index contributed by atoms with van der Waals surface area (Å²) in [6.07, 6.45) is 1.30. The van der Waals surface area contributed by atoms with E-state index in [4.69, 9.17) is 0 Å². The van der Waals surface area contributed by atoms with Crippen molar-refractivity contribution < 1.29 is 13.2 Å². The summed E-state index contributed by atoms with van der Waals surface area (Å²) in [5.41, 5.74) is 0.722. The van der Waals surface area contributed by atoms with Gasteiger partial charge in [-0.3, -0.25) is 0 Å². The van der Waals surface area contributed by atoms with Crippen LogP contribution in [-0.2, 0) is 0 Å². The Morgan fingerprint density at radius 2 is 1.87 bits per heavy atom. The molecule has 15 heavy (non-hydrogen) atoms. The minimum absolute atomic E-state index is 0.258. The van der Waals surface area contributed by atoms with E-state index in [0.29, 0.717) is 0 Å². The molecule has 2 aromatic rings. The summed E-state index contributed by atoms with van der Waals surface area (Å²) < 4.78 is 36.7. The van der Waals surface area contributed by atoms with E-state index < -0.39 is 20.0 Å². The van der Waals surface area contributed by atoms with Gasteiger partial charge in [0.05, 0.1) is 0 Å². The number of halogens is 3. The second kappa shape index (κ2) is 3.83. The molecular formula is C10H6F3NSe. The average molecular weight is 276 g/mol. The van der Waals surface area contributed by atoms with Crippen LogP contribution in [0.15, 0.2) is 36.5 Å². The van der Waals surface area contributed by atoms with E-state index in [1.165, 1.54) is 6.20 Å². The van der Waals surface area contributed by atoms with Crippen LogP contribution in [0.5, 0.6) is 0 Å². The Morgan fingerprint density at radius 3 is 2.60 bits per heavy atom. The predicted molar refractivity (Wildman–Crippen MR) is 53.2 cm³/mol. The van der Waals surface area contributed by atoms with E-state index >= 15 is 0 Å². The van der Waals surface area contributed by atoms with E-state index in [0.717, 1.165) is 10.9 Å². The standard InChI is InChI=1S/C10H6F3NSe/c11-10(12,13)15-8-5-7-3-1-2-4-9(7)14-6-8/h1-6H. The quantitative estimate of drug-likeness (QED) is 0.727. The van der Waals surface area contributed by atoms with Gasteiger partial charge in [0.25, 0.3) is 0 Å². The van der Waals surface area contributed by atoms with Crippen molar-refractivity contribution in [3.05, 3.63) is 36.5 Å². The first-order chi connectivity index (χ1) is 7.04. The van der Waals surface area contributed by atoms with Crippen molar-refractivity contribution in [2.75, 3.05) is 0 Å². The average Bonchev–Trinajstić information content (AvgIpc) is 2.15. The summed E-state index contributed by atoms with van der Waals surface area (Å²) in [5.74, 6) is 0. The van der Waals surface area contributed by atoms with Gasteiger partial charge in [-0.25, -0.2) is 0 Å². The molecule has 0 amide bonds. The first kappa shape index (κ1) is 10.5. The molecule has 0 atom stereocenters. The predicted octanol–water partition coefficient (Wildman–Crippen LogP) is 2.08. The molecule has 0 N–H and O–H groups in total. The van der Waals surface area contributed by atoms with E-state index in [1.54, 1.807) is 24.3 Å². The van der Waals surface area contributed by atoms with Crippen LogP contribution >= 0.6 is 0 Å². The third-order valence-electron chi connectivity index (χ3n) is 1.80. The third-order valence-corrected chi connectivity index (χ3v) is 3.25. The van der Waals surface area contributed by atoms with E-state index in [-0.39, 0.29) is 4.46 Å². The minimum atomic E-state index is -4.11. The second-order valence-electron chi connectivity index (χ2n) is 2.91. The number of hydrogen-bond donors (Lipinski definition) is 0. The molecule has 78 valence electrons. The number of benzene rings is 1. The van der Waals surface area contributed by atoms with E-state index in [1.807, 2.05) is 6.07 Å². The summed E-state index contributed by atoms with van der Waals surface area (Å²) in [6, 6.07) is 8.69. The molecule has 1 aromatic carbocycles. The molecule has 2 rings (SSSR count). The first-order valence-corrected chi connectivity index (χ1v) is 5.86. The fraction of sp³-hybridized carbons (Fsp3) is 0.100. The first-order valence-electron chi connectivity index (χ1n) is 4.15. The zero-order valence-corrected chi connectivity index (χ0v) is 9.17. The van der Waals surface area contributed by atoms with Gasteiger partial charge in [-0.15, -0.1) is 0 Å². The van der Waals surface area contributed by atoms with Gasteiger partial charge in [0, 0.05) is 0 Å². The SMILES string of the molecule is FC(F)(F)[Se]c1cnc2ccccc2c1. The molecule has 0 aliphatic heterocycles. The van der Waals surface area contributed by atoms with Crippen LogP contribution in [0.1, 0.15) is 0 Å². The van der Waals surface area contributed by atoms with Gasteiger partial charge in [-0.1, -0.05) is 0 Å². The molecule has 0 saturated carbocycles. The number of rotatable bonds is 1. The molecule has 1 heterocycles. The van der Waals surface area contributed by atoms with Crippen molar-refractivity contribution in [1.29, 1.82) is 0 Å². The van der Waals surface area contributed by atoms with Crippen LogP contribution in [0, 0.1) is 0 Å². The van der Waals surface area contributed by atoms with Gasteiger partial charge in [-0.2, -0.15) is 0 Å². The third kappa shape index (κ3) is 2.70. The molecule has 0 aliphatic carbocycles. The maximum absolute atomic E-state index is 12.1. The molecule has 0 saturated heterocycles. The number of aromatic nitrogens is 1. The van der Waals surface area contributed by atoms with Crippen LogP contribution < -0.4 is 4.46 Å². The van der Waals surface area contributed by atoms with Gasteiger partial charge in [-0.05, 0) is 0 Å². The molecule has 0 spiro atoms. The second-order valence-corrected chi connectivity index (χ2v) is 5.30. The molecular weight excluding hydrogens is 270 g/mol. The number of pyridine rings is 1. The van der Waals surface area contributed by atoms with Gasteiger partial charge >= 0.3 is 90.1 Å². The van der Waals surface area contributed by atoms with Crippen LogP contribution in [0.25, 0.3) is 10.9 Å². The van der Waals surface area contributed by atoms with Gasteiger partial charge in [0.2, 0.25) is 0 Å². The van der Waals surface area contributed by atoms with Crippen molar-refractivity contribution >= 4 is 30.3 Å². The van der Waals surface area contributed by atoms with Crippen molar-refractivity contribution in [3.8, 4) is 0 Å². The molecule has 1 nitrogen and oxygen atoms in total. The number of para-hydroxylation sites is 1. The Hall–Kier alpha value is -1.06. The number of nitrogens with zero attached hydrogens (tertiary/aromatic N) is 1. The molecule has 0 bridgehead atoms. The number of hydrogen-bond acceptors (Lipinski definition) is 1. The van der Waals surface area contributed by atoms with Gasteiger partial charge in [0.15, 0.2) is 0 Å². The summed E-state index contributed by atoms with van der Waals surface area (Å²) in [5, 5.41) is -3.36. The summed E-state index contributed by atoms with van der Waals surface area (Å²) >= 11 is -1.51. The fourth-order valence-electron chi connectivity index (χ4n) is 1.24. The van der Waals surface area contributed by atoms with Crippen LogP contribution in [0.3, 0.4) is 0 Å². The molecule has 0 radical (unpaired) electrons. The number of alkyl halides is 3. The Labute approximate surface area is 90.5 Å². The Morgan fingerprint density at radius 1 is 1.13 bits per heavy atom. The Balaban J connectivity index is 2.39. The monoisotopic (exact) mass is 277 g/mol. The van der Waals surface area contributed by atoms with E-state index in [9.17, 15) is 13.2 Å². The Bertz CT molecular complexity index is 481. The zero-order valence-electron chi connectivity index (χ0n) is 7.45. The van der Waals surface area contributed by atoms with Crippen molar-refractivity contribution in [2.45, 2.75) is 5.07 Å².